The summed E-state index contributed by atoms with van der Waals surface area (Å²) in [6, 6.07) is 9.94. The van der Waals surface area contributed by atoms with Gasteiger partial charge in [0.15, 0.2) is 0 Å². The van der Waals surface area contributed by atoms with Gasteiger partial charge < -0.3 is 0 Å². The van der Waals surface area contributed by atoms with Crippen LogP contribution in [-0.2, 0) is 10.0 Å². The fourth-order valence-electron chi connectivity index (χ4n) is 1.61. The number of nitrogens with one attached hydrogen (secondary N) is 1. The molecule has 0 unspecified atom stereocenters. The number of sulfonamides is 1. The molecule has 0 heterocycles. The molecule has 0 spiro atoms. The molecule has 1 N–H and O–H groups in total. The molecule has 0 radical (unpaired) electrons. The maximum atomic E-state index is 13.5. The number of nitrogens with zero attached hydrogens (tertiary/aromatic N) is 1. The summed E-state index contributed by atoms with van der Waals surface area (Å²) in [6.45, 7) is 0. The van der Waals surface area contributed by atoms with Gasteiger partial charge in [-0.15, -0.1) is 0 Å². The van der Waals surface area contributed by atoms with Gasteiger partial charge in [0, 0.05) is 8.95 Å². The summed E-state index contributed by atoms with van der Waals surface area (Å²) in [5, 5.41) is 8.93. The zero-order chi connectivity index (χ0) is 15.6. The minimum absolute atomic E-state index is 0.275. The van der Waals surface area contributed by atoms with Crippen LogP contribution in [0.5, 0.6) is 0 Å². The summed E-state index contributed by atoms with van der Waals surface area (Å²) in [6.07, 6.45) is 0. The second-order valence-electron chi connectivity index (χ2n) is 3.95. The highest BCUT2D eigenvalue weighted by molar-refractivity contribution is 9.11. The summed E-state index contributed by atoms with van der Waals surface area (Å²) in [5.74, 6) is -0.881. The third-order valence-corrected chi connectivity index (χ3v) is 5.14. The van der Waals surface area contributed by atoms with E-state index in [0.29, 0.717) is 8.95 Å². The Balaban J connectivity index is 2.52. The van der Waals surface area contributed by atoms with Crippen molar-refractivity contribution in [3.05, 3.63) is 56.7 Å². The number of rotatable bonds is 3. The van der Waals surface area contributed by atoms with Gasteiger partial charge in [-0.2, -0.15) is 5.26 Å². The maximum Gasteiger partial charge on any atom is 0.263 e. The van der Waals surface area contributed by atoms with Gasteiger partial charge in [0.25, 0.3) is 10.0 Å². The zero-order valence-corrected chi connectivity index (χ0v) is 14.3. The minimum atomic E-state index is -4.08. The molecule has 21 heavy (non-hydrogen) atoms. The molecule has 0 aliphatic heterocycles. The van der Waals surface area contributed by atoms with Crippen molar-refractivity contribution in [2.24, 2.45) is 0 Å². The van der Waals surface area contributed by atoms with Crippen molar-refractivity contribution in [3.8, 4) is 6.07 Å². The Kier molecular flexibility index (Phi) is 4.66. The zero-order valence-electron chi connectivity index (χ0n) is 10.3. The van der Waals surface area contributed by atoms with E-state index in [9.17, 15) is 12.8 Å². The SMILES string of the molecule is N#Cc1c(F)cccc1S(=O)(=O)Nc1cc(Br)ccc1Br. The minimum Gasteiger partial charge on any atom is -0.278 e. The number of anilines is 1. The smallest absolute Gasteiger partial charge is 0.263 e. The highest BCUT2D eigenvalue weighted by Crippen LogP contribution is 2.29. The molecule has 0 bridgehead atoms. The van der Waals surface area contributed by atoms with Gasteiger partial charge in [-0.3, -0.25) is 4.72 Å². The lowest BCUT2D eigenvalue weighted by atomic mass is 10.2. The molecular formula is C13H7Br2FN2O2S. The van der Waals surface area contributed by atoms with Crippen molar-refractivity contribution < 1.29 is 12.8 Å². The lowest BCUT2D eigenvalue weighted by molar-refractivity contribution is 0.593. The second kappa shape index (κ2) is 6.13. The average Bonchev–Trinajstić information content (AvgIpc) is 2.42. The van der Waals surface area contributed by atoms with Crippen LogP contribution in [0.4, 0.5) is 10.1 Å². The molecule has 2 aromatic carbocycles. The predicted molar refractivity (Wildman–Crippen MR) is 83.8 cm³/mol. The molecule has 4 nitrogen and oxygen atoms in total. The lowest BCUT2D eigenvalue weighted by Gasteiger charge is -2.11. The second-order valence-corrected chi connectivity index (χ2v) is 7.38. The van der Waals surface area contributed by atoms with Crippen molar-refractivity contribution in [2.75, 3.05) is 4.72 Å². The maximum absolute atomic E-state index is 13.5. The van der Waals surface area contributed by atoms with E-state index >= 15 is 0 Å². The first-order chi connectivity index (χ1) is 9.85. The number of nitriles is 1. The van der Waals surface area contributed by atoms with Crippen LogP contribution in [0.15, 0.2) is 50.2 Å². The van der Waals surface area contributed by atoms with Crippen molar-refractivity contribution in [3.63, 3.8) is 0 Å². The van der Waals surface area contributed by atoms with Crippen LogP contribution in [0.3, 0.4) is 0 Å². The van der Waals surface area contributed by atoms with Crippen LogP contribution in [0, 0.1) is 17.1 Å². The van der Waals surface area contributed by atoms with Gasteiger partial charge in [0.05, 0.1) is 5.69 Å². The quantitative estimate of drug-likeness (QED) is 0.794. The van der Waals surface area contributed by atoms with E-state index in [1.165, 1.54) is 12.1 Å². The van der Waals surface area contributed by atoms with Crippen molar-refractivity contribution in [1.82, 2.24) is 0 Å². The molecule has 0 aliphatic carbocycles. The first-order valence-electron chi connectivity index (χ1n) is 5.51. The number of benzene rings is 2. The fourth-order valence-corrected chi connectivity index (χ4v) is 3.69. The van der Waals surface area contributed by atoms with E-state index in [-0.39, 0.29) is 5.69 Å². The predicted octanol–water partition coefficient (Wildman–Crippen LogP) is 4.02. The topological polar surface area (TPSA) is 70.0 Å². The molecule has 0 aromatic heterocycles. The summed E-state index contributed by atoms with van der Waals surface area (Å²) in [4.78, 5) is -0.406. The molecule has 0 saturated carbocycles. The van der Waals surface area contributed by atoms with Crippen LogP contribution in [0.1, 0.15) is 5.56 Å². The summed E-state index contributed by atoms with van der Waals surface area (Å²) in [5.41, 5.74) is -0.242. The summed E-state index contributed by atoms with van der Waals surface area (Å²) in [7, 11) is -4.08. The van der Waals surface area contributed by atoms with Crippen LogP contribution in [-0.4, -0.2) is 8.42 Å². The Hall–Kier alpha value is -1.43. The third-order valence-electron chi connectivity index (χ3n) is 2.55. The van der Waals surface area contributed by atoms with Crippen LogP contribution in [0.25, 0.3) is 0 Å². The normalized spacial score (nSPS) is 11.0. The highest BCUT2D eigenvalue weighted by atomic mass is 79.9. The van der Waals surface area contributed by atoms with Crippen molar-refractivity contribution in [1.29, 1.82) is 5.26 Å². The lowest BCUT2D eigenvalue weighted by Crippen LogP contribution is -2.15. The Bertz CT molecular complexity index is 848. The molecule has 0 aliphatic rings. The molecule has 0 amide bonds. The van der Waals surface area contributed by atoms with Crippen molar-refractivity contribution >= 4 is 47.6 Å². The molecule has 0 atom stereocenters. The molecule has 8 heteroatoms. The van der Waals surface area contributed by atoms with Gasteiger partial charge in [-0.1, -0.05) is 22.0 Å². The van der Waals surface area contributed by atoms with Crippen LogP contribution >= 0.6 is 31.9 Å². The van der Waals surface area contributed by atoms with E-state index in [0.717, 1.165) is 6.07 Å². The van der Waals surface area contributed by atoms with Gasteiger partial charge in [0.2, 0.25) is 0 Å². The van der Waals surface area contributed by atoms with E-state index in [1.54, 1.807) is 24.3 Å². The van der Waals surface area contributed by atoms with Crippen molar-refractivity contribution in [2.45, 2.75) is 4.90 Å². The third kappa shape index (κ3) is 3.43. The highest BCUT2D eigenvalue weighted by Gasteiger charge is 2.22. The number of hydrogen-bond donors (Lipinski definition) is 1. The Morgan fingerprint density at radius 3 is 2.57 bits per heavy atom. The van der Waals surface area contributed by atoms with Gasteiger partial charge >= 0.3 is 0 Å². The first kappa shape index (κ1) is 15.9. The Morgan fingerprint density at radius 2 is 1.90 bits per heavy atom. The van der Waals surface area contributed by atoms with E-state index in [1.807, 2.05) is 0 Å². The van der Waals surface area contributed by atoms with E-state index in [2.05, 4.69) is 36.6 Å². The fraction of sp³-hybridized carbons (Fsp3) is 0. The van der Waals surface area contributed by atoms with Crippen LogP contribution < -0.4 is 4.72 Å². The average molecular weight is 434 g/mol. The molecular weight excluding hydrogens is 427 g/mol. The summed E-state index contributed by atoms with van der Waals surface area (Å²) < 4.78 is 41.7. The van der Waals surface area contributed by atoms with Gasteiger partial charge in [-0.25, -0.2) is 12.8 Å². The Morgan fingerprint density at radius 1 is 1.19 bits per heavy atom. The summed E-state index contributed by atoms with van der Waals surface area (Å²) >= 11 is 6.45. The standard InChI is InChI=1S/C13H7Br2FN2O2S/c14-8-4-5-10(15)12(6-8)18-21(19,20)13-3-1-2-11(16)9(13)7-17/h1-6,18H. The van der Waals surface area contributed by atoms with Gasteiger partial charge in [-0.05, 0) is 46.3 Å². The molecule has 2 aromatic rings. The number of halogens is 3. The van der Waals surface area contributed by atoms with Gasteiger partial charge in [0.1, 0.15) is 22.3 Å². The number of hydrogen-bond acceptors (Lipinski definition) is 3. The molecule has 2 rings (SSSR count). The molecule has 0 fully saturated rings. The van der Waals surface area contributed by atoms with E-state index < -0.39 is 26.3 Å². The molecule has 0 saturated heterocycles. The first-order valence-corrected chi connectivity index (χ1v) is 8.58. The van der Waals surface area contributed by atoms with E-state index in [4.69, 9.17) is 5.26 Å². The monoisotopic (exact) mass is 432 g/mol. The molecule has 108 valence electrons. The van der Waals surface area contributed by atoms with Crippen LogP contribution in [0.2, 0.25) is 0 Å². The Labute approximate surface area is 137 Å². The largest absolute Gasteiger partial charge is 0.278 e.